The Morgan fingerprint density at radius 1 is 1.53 bits per heavy atom. The molecule has 2 aliphatic rings. The minimum atomic E-state index is 0.0325. The Balaban J connectivity index is 1.87. The van der Waals surface area contributed by atoms with Crippen molar-refractivity contribution in [2.75, 3.05) is 6.54 Å². The molecule has 0 saturated heterocycles. The maximum absolute atomic E-state index is 11.9. The van der Waals surface area contributed by atoms with Crippen LogP contribution in [0.1, 0.15) is 5.76 Å². The summed E-state index contributed by atoms with van der Waals surface area (Å²) in [6.45, 7) is 0.337. The number of nitrogens with zero attached hydrogens (tertiary/aromatic N) is 2. The Labute approximate surface area is 98.1 Å². The minimum Gasteiger partial charge on any atom is -0.469 e. The van der Waals surface area contributed by atoms with Gasteiger partial charge in [-0.15, -0.1) is 0 Å². The van der Waals surface area contributed by atoms with Gasteiger partial charge < -0.3 is 14.6 Å². The van der Waals surface area contributed by atoms with Crippen LogP contribution in [0, 0.1) is 0 Å². The number of rotatable bonds is 2. The van der Waals surface area contributed by atoms with Gasteiger partial charge in [-0.2, -0.15) is 0 Å². The Bertz CT molecular complexity index is 526. The van der Waals surface area contributed by atoms with E-state index in [1.165, 1.54) is 0 Å². The Hall–Kier alpha value is -2.30. The minimum absolute atomic E-state index is 0.0325. The average molecular weight is 229 g/mol. The van der Waals surface area contributed by atoms with Crippen molar-refractivity contribution < 1.29 is 9.21 Å². The van der Waals surface area contributed by atoms with E-state index < -0.39 is 0 Å². The van der Waals surface area contributed by atoms with Gasteiger partial charge in [-0.3, -0.25) is 4.79 Å². The van der Waals surface area contributed by atoms with Crippen LogP contribution in [-0.4, -0.2) is 22.9 Å². The molecule has 3 heterocycles. The van der Waals surface area contributed by atoms with E-state index in [0.717, 1.165) is 11.6 Å². The third-order valence-corrected chi connectivity index (χ3v) is 2.66. The molecule has 0 aliphatic carbocycles. The van der Waals surface area contributed by atoms with Crippen LogP contribution in [0.25, 0.3) is 0 Å². The van der Waals surface area contributed by atoms with Gasteiger partial charge in [0.25, 0.3) is 0 Å². The average Bonchev–Trinajstić information content (AvgIpc) is 2.83. The number of aliphatic imine (C=N–C) groups is 1. The van der Waals surface area contributed by atoms with Gasteiger partial charge in [0, 0.05) is 18.6 Å². The molecule has 0 unspecified atom stereocenters. The molecule has 0 radical (unpaired) electrons. The van der Waals surface area contributed by atoms with Crippen molar-refractivity contribution in [2.24, 2.45) is 4.99 Å². The molecular formula is C12H11N3O2. The second-order valence-electron chi connectivity index (χ2n) is 3.85. The van der Waals surface area contributed by atoms with Gasteiger partial charge in [-0.05, 0) is 12.1 Å². The first-order chi connectivity index (χ1) is 8.33. The molecule has 3 rings (SSSR count). The van der Waals surface area contributed by atoms with Gasteiger partial charge in [0.05, 0.1) is 24.9 Å². The highest BCUT2D eigenvalue weighted by molar-refractivity contribution is 6.41. The maximum atomic E-state index is 11.9. The summed E-state index contributed by atoms with van der Waals surface area (Å²) in [4.78, 5) is 18.0. The molecular weight excluding hydrogens is 218 g/mol. The van der Waals surface area contributed by atoms with Gasteiger partial charge in [0.1, 0.15) is 11.6 Å². The molecule has 0 spiro atoms. The molecule has 86 valence electrons. The molecule has 0 saturated carbocycles. The van der Waals surface area contributed by atoms with E-state index in [4.69, 9.17) is 4.42 Å². The largest absolute Gasteiger partial charge is 0.469 e. The fraction of sp³-hybridized carbons (Fsp3) is 0.167. The van der Waals surface area contributed by atoms with E-state index in [1.54, 1.807) is 30.9 Å². The summed E-state index contributed by atoms with van der Waals surface area (Å²) in [5, 5.41) is 2.95. The van der Waals surface area contributed by atoms with Crippen molar-refractivity contribution >= 4 is 11.5 Å². The molecule has 0 bridgehead atoms. The van der Waals surface area contributed by atoms with Crippen LogP contribution >= 0.6 is 0 Å². The highest BCUT2D eigenvalue weighted by Gasteiger charge is 2.24. The summed E-state index contributed by atoms with van der Waals surface area (Å²) >= 11 is 0. The van der Waals surface area contributed by atoms with Gasteiger partial charge in [-0.25, -0.2) is 4.99 Å². The van der Waals surface area contributed by atoms with E-state index in [1.807, 2.05) is 11.0 Å². The first kappa shape index (κ1) is 9.89. The third kappa shape index (κ3) is 1.87. The van der Waals surface area contributed by atoms with E-state index in [0.29, 0.717) is 18.7 Å². The Morgan fingerprint density at radius 2 is 2.47 bits per heavy atom. The number of carbonyl (C=O) groups excluding carboxylic acids is 1. The zero-order valence-corrected chi connectivity index (χ0v) is 9.09. The van der Waals surface area contributed by atoms with Crippen LogP contribution < -0.4 is 5.32 Å². The molecule has 17 heavy (non-hydrogen) atoms. The van der Waals surface area contributed by atoms with E-state index in [9.17, 15) is 4.79 Å². The summed E-state index contributed by atoms with van der Waals surface area (Å²) in [7, 11) is 0. The Morgan fingerprint density at radius 3 is 3.29 bits per heavy atom. The zero-order valence-electron chi connectivity index (χ0n) is 9.09. The monoisotopic (exact) mass is 229 g/mol. The normalized spacial score (nSPS) is 18.4. The highest BCUT2D eigenvalue weighted by Crippen LogP contribution is 2.16. The smallest absolute Gasteiger partial charge is 0.197 e. The van der Waals surface area contributed by atoms with E-state index >= 15 is 0 Å². The summed E-state index contributed by atoms with van der Waals surface area (Å²) in [5.74, 6) is 1.55. The number of nitrogens with one attached hydrogen (secondary N) is 1. The molecule has 0 aromatic carbocycles. The van der Waals surface area contributed by atoms with Gasteiger partial charge >= 0.3 is 0 Å². The number of hydrogen-bond donors (Lipinski definition) is 1. The summed E-state index contributed by atoms with van der Waals surface area (Å²) in [6, 6.07) is 3.65. The van der Waals surface area contributed by atoms with Gasteiger partial charge in [0.15, 0.2) is 5.78 Å². The second-order valence-corrected chi connectivity index (χ2v) is 3.85. The van der Waals surface area contributed by atoms with E-state index in [-0.39, 0.29) is 5.78 Å². The summed E-state index contributed by atoms with van der Waals surface area (Å²) in [5.41, 5.74) is 0.541. The SMILES string of the molecule is O=C1CN2C=CNC=C2N=C1Cc1ccco1. The standard InChI is InChI=1S/C12H11N3O2/c16-11-8-15-4-3-13-7-12(15)14-10(11)6-9-2-1-5-17-9/h1-5,7,13H,6,8H2. The molecule has 1 aromatic rings. The lowest BCUT2D eigenvalue weighted by atomic mass is 10.1. The first-order valence-electron chi connectivity index (χ1n) is 5.35. The van der Waals surface area contributed by atoms with Crippen LogP contribution in [-0.2, 0) is 11.2 Å². The molecule has 5 nitrogen and oxygen atoms in total. The van der Waals surface area contributed by atoms with Crippen LogP contribution in [0.3, 0.4) is 0 Å². The molecule has 0 atom stereocenters. The van der Waals surface area contributed by atoms with E-state index in [2.05, 4.69) is 10.3 Å². The van der Waals surface area contributed by atoms with Crippen molar-refractivity contribution in [1.29, 1.82) is 0 Å². The number of ketones is 1. The van der Waals surface area contributed by atoms with Crippen molar-refractivity contribution in [2.45, 2.75) is 6.42 Å². The van der Waals surface area contributed by atoms with Crippen LogP contribution in [0.15, 0.2) is 52.2 Å². The quantitative estimate of drug-likeness (QED) is 0.822. The van der Waals surface area contributed by atoms with Crippen LogP contribution in [0.4, 0.5) is 0 Å². The van der Waals surface area contributed by atoms with Crippen LogP contribution in [0.2, 0.25) is 0 Å². The maximum Gasteiger partial charge on any atom is 0.197 e. The van der Waals surface area contributed by atoms with Gasteiger partial charge in [0.2, 0.25) is 0 Å². The lowest BCUT2D eigenvalue weighted by molar-refractivity contribution is -0.113. The third-order valence-electron chi connectivity index (χ3n) is 2.66. The lowest BCUT2D eigenvalue weighted by Crippen LogP contribution is -2.37. The number of carbonyl (C=O) groups is 1. The second kappa shape index (κ2) is 3.93. The predicted octanol–water partition coefficient (Wildman–Crippen LogP) is 1.02. The predicted molar refractivity (Wildman–Crippen MR) is 61.9 cm³/mol. The molecule has 0 fully saturated rings. The highest BCUT2D eigenvalue weighted by atomic mass is 16.3. The topological polar surface area (TPSA) is 57.8 Å². The number of Topliss-reactive ketones (excluding diaryl/α,β-unsaturated/α-hetero) is 1. The molecule has 2 aliphatic heterocycles. The number of hydrogen-bond acceptors (Lipinski definition) is 5. The fourth-order valence-electron chi connectivity index (χ4n) is 1.81. The van der Waals surface area contributed by atoms with Gasteiger partial charge in [-0.1, -0.05) is 0 Å². The lowest BCUT2D eigenvalue weighted by Gasteiger charge is -2.27. The van der Waals surface area contributed by atoms with Crippen LogP contribution in [0.5, 0.6) is 0 Å². The van der Waals surface area contributed by atoms with Crippen molar-refractivity contribution in [3.05, 3.63) is 48.6 Å². The number of fused-ring (bicyclic) bond motifs is 1. The van der Waals surface area contributed by atoms with Crippen molar-refractivity contribution in [3.8, 4) is 0 Å². The van der Waals surface area contributed by atoms with Crippen molar-refractivity contribution in [1.82, 2.24) is 10.2 Å². The molecule has 0 amide bonds. The Kier molecular flexibility index (Phi) is 2.29. The summed E-state index contributed by atoms with van der Waals surface area (Å²) in [6.07, 6.45) is 7.39. The molecule has 1 N–H and O–H groups in total. The van der Waals surface area contributed by atoms with Crippen molar-refractivity contribution in [3.63, 3.8) is 0 Å². The molecule has 1 aromatic heterocycles. The fourth-order valence-corrected chi connectivity index (χ4v) is 1.81. The zero-order chi connectivity index (χ0) is 11.7. The summed E-state index contributed by atoms with van der Waals surface area (Å²) < 4.78 is 5.22. The molecule has 5 heteroatoms. The first-order valence-corrected chi connectivity index (χ1v) is 5.35. The number of furan rings is 1.